The molecule has 1 atom stereocenters. The molecule has 4 nitrogen and oxygen atoms in total. The van der Waals surface area contributed by atoms with Crippen molar-refractivity contribution < 1.29 is 4.79 Å². The monoisotopic (exact) mass is 305 g/mol. The van der Waals surface area contributed by atoms with Crippen LogP contribution in [0.3, 0.4) is 0 Å². The Hall–Kier alpha value is -2.88. The van der Waals surface area contributed by atoms with Crippen molar-refractivity contribution in [3.8, 4) is 11.1 Å². The number of benzene rings is 2. The molecule has 116 valence electrons. The van der Waals surface area contributed by atoms with E-state index in [-0.39, 0.29) is 11.9 Å². The largest absolute Gasteiger partial charge is 0.324 e. The first-order valence-corrected chi connectivity index (χ1v) is 7.60. The number of nitrogens with one attached hydrogen (secondary N) is 1. The molecule has 1 N–H and O–H groups in total. The Balaban J connectivity index is 1.72. The van der Waals surface area contributed by atoms with Gasteiger partial charge in [-0.2, -0.15) is 5.10 Å². The maximum absolute atomic E-state index is 12.4. The van der Waals surface area contributed by atoms with Gasteiger partial charge in [-0.15, -0.1) is 0 Å². The predicted octanol–water partition coefficient (Wildman–Crippen LogP) is 4.06. The van der Waals surface area contributed by atoms with Gasteiger partial charge in [0.1, 0.15) is 6.04 Å². The van der Waals surface area contributed by atoms with Gasteiger partial charge in [-0.3, -0.25) is 9.48 Å². The van der Waals surface area contributed by atoms with E-state index in [9.17, 15) is 4.79 Å². The third-order valence-corrected chi connectivity index (χ3v) is 3.80. The Labute approximate surface area is 135 Å². The number of anilines is 1. The average Bonchev–Trinajstić information content (AvgIpc) is 3.07. The Kier molecular flexibility index (Phi) is 4.24. The molecule has 0 aliphatic heterocycles. The first-order valence-electron chi connectivity index (χ1n) is 7.60. The Morgan fingerprint density at radius 2 is 1.74 bits per heavy atom. The van der Waals surface area contributed by atoms with Crippen LogP contribution in [0.2, 0.25) is 0 Å². The van der Waals surface area contributed by atoms with Gasteiger partial charge in [0, 0.05) is 17.4 Å². The highest BCUT2D eigenvalue weighted by Gasteiger charge is 2.16. The van der Waals surface area contributed by atoms with Crippen LogP contribution in [0, 0.1) is 6.92 Å². The second-order valence-electron chi connectivity index (χ2n) is 5.61. The zero-order valence-corrected chi connectivity index (χ0v) is 13.2. The van der Waals surface area contributed by atoms with Crippen molar-refractivity contribution in [2.75, 3.05) is 5.32 Å². The molecular weight excluding hydrogens is 286 g/mol. The van der Waals surface area contributed by atoms with Crippen LogP contribution in [0.1, 0.15) is 18.5 Å². The minimum absolute atomic E-state index is 0.0865. The van der Waals surface area contributed by atoms with Crippen molar-refractivity contribution >= 4 is 11.6 Å². The third kappa shape index (κ3) is 3.48. The van der Waals surface area contributed by atoms with E-state index in [0.717, 1.165) is 22.4 Å². The summed E-state index contributed by atoms with van der Waals surface area (Å²) in [6.07, 6.45) is 3.68. The Bertz CT molecular complexity index is 791. The summed E-state index contributed by atoms with van der Waals surface area (Å²) in [6.45, 7) is 3.86. The number of nitrogens with zero attached hydrogens (tertiary/aromatic N) is 2. The normalized spacial score (nSPS) is 11.9. The predicted molar refractivity (Wildman–Crippen MR) is 92.2 cm³/mol. The number of aryl methyl sites for hydroxylation is 1. The van der Waals surface area contributed by atoms with Crippen molar-refractivity contribution in [1.82, 2.24) is 9.78 Å². The molecule has 0 aliphatic carbocycles. The molecule has 0 saturated heterocycles. The summed E-state index contributed by atoms with van der Waals surface area (Å²) in [6, 6.07) is 17.4. The minimum Gasteiger partial charge on any atom is -0.324 e. The van der Waals surface area contributed by atoms with Gasteiger partial charge < -0.3 is 5.32 Å². The quantitative estimate of drug-likeness (QED) is 0.790. The highest BCUT2D eigenvalue weighted by atomic mass is 16.2. The molecule has 0 spiro atoms. The number of carbonyl (C=O) groups excluding carboxylic acids is 1. The summed E-state index contributed by atoms with van der Waals surface area (Å²) < 4.78 is 1.69. The van der Waals surface area contributed by atoms with E-state index in [1.807, 2.05) is 74.6 Å². The second kappa shape index (κ2) is 6.48. The Morgan fingerprint density at radius 1 is 1.04 bits per heavy atom. The number of amides is 1. The van der Waals surface area contributed by atoms with Crippen LogP contribution in [0.4, 0.5) is 5.69 Å². The number of hydrogen-bond donors (Lipinski definition) is 1. The molecule has 0 bridgehead atoms. The lowest BCUT2D eigenvalue weighted by Gasteiger charge is -2.12. The smallest absolute Gasteiger partial charge is 0.248 e. The van der Waals surface area contributed by atoms with Crippen LogP contribution >= 0.6 is 0 Å². The molecule has 1 unspecified atom stereocenters. The first kappa shape index (κ1) is 15.0. The van der Waals surface area contributed by atoms with Gasteiger partial charge in [-0.05, 0) is 31.5 Å². The molecule has 0 saturated carbocycles. The molecule has 2 aromatic carbocycles. The summed E-state index contributed by atoms with van der Waals surface area (Å²) in [5.41, 5.74) is 4.05. The fraction of sp³-hybridized carbons (Fsp3) is 0.158. The van der Waals surface area contributed by atoms with Gasteiger partial charge >= 0.3 is 0 Å². The highest BCUT2D eigenvalue weighted by Crippen LogP contribution is 2.20. The van der Waals surface area contributed by atoms with Gasteiger partial charge in [0.15, 0.2) is 0 Å². The van der Waals surface area contributed by atoms with Crippen molar-refractivity contribution in [2.45, 2.75) is 19.9 Å². The van der Waals surface area contributed by atoms with Crippen LogP contribution < -0.4 is 5.32 Å². The van der Waals surface area contributed by atoms with Crippen LogP contribution in [0.25, 0.3) is 11.1 Å². The molecule has 3 rings (SSSR count). The van der Waals surface area contributed by atoms with Gasteiger partial charge in [0.2, 0.25) is 5.91 Å². The number of rotatable bonds is 4. The van der Waals surface area contributed by atoms with Gasteiger partial charge in [-0.25, -0.2) is 0 Å². The fourth-order valence-electron chi connectivity index (χ4n) is 2.33. The van der Waals surface area contributed by atoms with Crippen LogP contribution in [0.15, 0.2) is 67.0 Å². The summed E-state index contributed by atoms with van der Waals surface area (Å²) >= 11 is 0. The average molecular weight is 305 g/mol. The van der Waals surface area contributed by atoms with Crippen molar-refractivity contribution in [3.05, 3.63) is 72.6 Å². The van der Waals surface area contributed by atoms with E-state index >= 15 is 0 Å². The van der Waals surface area contributed by atoms with Crippen LogP contribution in [0.5, 0.6) is 0 Å². The lowest BCUT2D eigenvalue weighted by molar-refractivity contribution is -0.119. The summed E-state index contributed by atoms with van der Waals surface area (Å²) in [7, 11) is 0. The zero-order chi connectivity index (χ0) is 16.2. The van der Waals surface area contributed by atoms with Gasteiger partial charge in [0.05, 0.1) is 6.20 Å². The maximum atomic E-state index is 12.4. The molecule has 3 aromatic rings. The number of aromatic nitrogens is 2. The van der Waals surface area contributed by atoms with E-state index in [2.05, 4.69) is 10.4 Å². The molecule has 4 heteroatoms. The van der Waals surface area contributed by atoms with E-state index in [1.165, 1.54) is 0 Å². The number of carbonyl (C=O) groups is 1. The van der Waals surface area contributed by atoms with E-state index in [1.54, 1.807) is 10.9 Å². The van der Waals surface area contributed by atoms with Gasteiger partial charge in [0.25, 0.3) is 0 Å². The van der Waals surface area contributed by atoms with E-state index < -0.39 is 0 Å². The molecule has 0 aliphatic rings. The molecule has 0 radical (unpaired) electrons. The van der Waals surface area contributed by atoms with Gasteiger partial charge in [-0.1, -0.05) is 48.0 Å². The zero-order valence-electron chi connectivity index (χ0n) is 13.2. The highest BCUT2D eigenvalue weighted by molar-refractivity contribution is 5.93. The van der Waals surface area contributed by atoms with Crippen molar-refractivity contribution in [3.63, 3.8) is 0 Å². The van der Waals surface area contributed by atoms with Crippen molar-refractivity contribution in [1.29, 1.82) is 0 Å². The third-order valence-electron chi connectivity index (χ3n) is 3.80. The standard InChI is InChI=1S/C19H19N3O/c1-14-8-10-18(11-9-14)21-19(23)15(2)22-13-17(12-20-22)16-6-4-3-5-7-16/h3-13,15H,1-2H3,(H,21,23). The van der Waals surface area contributed by atoms with Crippen molar-refractivity contribution in [2.24, 2.45) is 0 Å². The van der Waals surface area contributed by atoms with E-state index in [4.69, 9.17) is 0 Å². The molecule has 23 heavy (non-hydrogen) atoms. The first-order chi connectivity index (χ1) is 11.1. The topological polar surface area (TPSA) is 46.9 Å². The molecule has 1 heterocycles. The number of hydrogen-bond acceptors (Lipinski definition) is 2. The van der Waals surface area contributed by atoms with Crippen LogP contribution in [-0.4, -0.2) is 15.7 Å². The Morgan fingerprint density at radius 3 is 2.43 bits per heavy atom. The van der Waals surface area contributed by atoms with Crippen LogP contribution in [-0.2, 0) is 4.79 Å². The lowest BCUT2D eigenvalue weighted by atomic mass is 10.1. The molecule has 1 aromatic heterocycles. The summed E-state index contributed by atoms with van der Waals surface area (Å²) in [5.74, 6) is -0.0865. The summed E-state index contributed by atoms with van der Waals surface area (Å²) in [4.78, 5) is 12.4. The molecule has 1 amide bonds. The molecular formula is C19H19N3O. The minimum atomic E-state index is -0.381. The SMILES string of the molecule is Cc1ccc(NC(=O)C(C)n2cc(-c3ccccc3)cn2)cc1. The fourth-order valence-corrected chi connectivity index (χ4v) is 2.33. The molecule has 0 fully saturated rings. The second-order valence-corrected chi connectivity index (χ2v) is 5.61. The maximum Gasteiger partial charge on any atom is 0.248 e. The lowest BCUT2D eigenvalue weighted by Crippen LogP contribution is -2.23. The van der Waals surface area contributed by atoms with E-state index in [0.29, 0.717) is 0 Å². The summed E-state index contributed by atoms with van der Waals surface area (Å²) in [5, 5.41) is 7.24.